The molecule has 4 aliphatic rings. The van der Waals surface area contributed by atoms with Crippen molar-refractivity contribution in [2.45, 2.75) is 89.3 Å². The summed E-state index contributed by atoms with van der Waals surface area (Å²) in [5.74, 6) is 2.70. The summed E-state index contributed by atoms with van der Waals surface area (Å²) in [4.78, 5) is 27.7. The highest BCUT2D eigenvalue weighted by Gasteiger charge is 2.35. The Morgan fingerprint density at radius 3 is 2.58 bits per heavy atom. The van der Waals surface area contributed by atoms with E-state index in [-0.39, 0.29) is 5.91 Å². The van der Waals surface area contributed by atoms with Crippen LogP contribution in [0.15, 0.2) is 34.3 Å². The molecule has 2 aliphatic heterocycles. The smallest absolute Gasteiger partial charge is 0.221 e. The van der Waals surface area contributed by atoms with Crippen molar-refractivity contribution in [3.8, 4) is 0 Å². The van der Waals surface area contributed by atoms with E-state index in [0.29, 0.717) is 18.4 Å². The molecule has 2 aliphatic carbocycles. The van der Waals surface area contributed by atoms with E-state index < -0.39 is 6.17 Å². The van der Waals surface area contributed by atoms with Crippen LogP contribution in [0.1, 0.15) is 82.6 Å². The van der Waals surface area contributed by atoms with Gasteiger partial charge in [-0.3, -0.25) is 9.79 Å². The quantitative estimate of drug-likeness (QED) is 0.707. The average molecular weight is 450 g/mol. The number of hydrogen-bond donors (Lipinski definition) is 1. The fourth-order valence-electron chi connectivity index (χ4n) is 6.14. The van der Waals surface area contributed by atoms with Gasteiger partial charge in [-0.15, -0.1) is 0 Å². The summed E-state index contributed by atoms with van der Waals surface area (Å²) in [6, 6.07) is 9.04. The number of carbonyl (C=O) groups is 1. The van der Waals surface area contributed by atoms with Crippen molar-refractivity contribution >= 4 is 23.3 Å². The van der Waals surface area contributed by atoms with Crippen LogP contribution in [0.4, 0.5) is 5.69 Å². The monoisotopic (exact) mass is 449 g/mol. The van der Waals surface area contributed by atoms with Crippen LogP contribution in [0.25, 0.3) is 0 Å². The number of amides is 1. The van der Waals surface area contributed by atoms with E-state index in [4.69, 9.17) is 9.98 Å². The lowest BCUT2D eigenvalue weighted by Gasteiger charge is -2.34. The number of rotatable bonds is 5. The van der Waals surface area contributed by atoms with Crippen LogP contribution >= 0.6 is 0 Å². The molecule has 2 saturated carbocycles. The van der Waals surface area contributed by atoms with E-state index in [1.807, 2.05) is 0 Å². The lowest BCUT2D eigenvalue weighted by Crippen LogP contribution is -2.46. The zero-order valence-electron chi connectivity index (χ0n) is 20.1. The number of anilines is 1. The number of para-hydroxylation sites is 1. The van der Waals surface area contributed by atoms with Crippen LogP contribution in [0.5, 0.6) is 0 Å². The molecule has 1 amide bonds. The third kappa shape index (κ3) is 4.95. The molecule has 0 spiro atoms. The Morgan fingerprint density at radius 1 is 1.06 bits per heavy atom. The van der Waals surface area contributed by atoms with Crippen molar-refractivity contribution in [2.24, 2.45) is 15.9 Å². The highest BCUT2D eigenvalue weighted by atomic mass is 16.1. The molecular formula is C27H39N5O. The molecule has 1 aromatic carbocycles. The minimum Gasteiger partial charge on any atom is -0.356 e. The number of benzene rings is 1. The summed E-state index contributed by atoms with van der Waals surface area (Å²) in [5, 5.41) is 3.27. The van der Waals surface area contributed by atoms with Gasteiger partial charge >= 0.3 is 0 Å². The van der Waals surface area contributed by atoms with Gasteiger partial charge in [-0.1, -0.05) is 63.5 Å². The van der Waals surface area contributed by atoms with Gasteiger partial charge in [0, 0.05) is 31.6 Å². The van der Waals surface area contributed by atoms with Gasteiger partial charge in [0.2, 0.25) is 5.91 Å². The zero-order valence-corrected chi connectivity index (χ0v) is 20.1. The van der Waals surface area contributed by atoms with Crippen LogP contribution in [0.2, 0.25) is 0 Å². The number of fused-ring (bicyclic) bond motifs is 3. The molecule has 2 fully saturated rings. The molecule has 33 heavy (non-hydrogen) atoms. The second-order valence-electron chi connectivity index (χ2n) is 10.3. The third-order valence-corrected chi connectivity index (χ3v) is 8.06. The summed E-state index contributed by atoms with van der Waals surface area (Å²) in [7, 11) is 2.19. The molecule has 2 heterocycles. The summed E-state index contributed by atoms with van der Waals surface area (Å²) in [5.41, 5.74) is 2.31. The van der Waals surface area contributed by atoms with E-state index in [0.717, 1.165) is 42.4 Å². The van der Waals surface area contributed by atoms with Crippen molar-refractivity contribution < 1.29 is 4.79 Å². The minimum atomic E-state index is -0.417. The molecular weight excluding hydrogens is 410 g/mol. The highest BCUT2D eigenvalue weighted by molar-refractivity contribution is 6.14. The Morgan fingerprint density at radius 2 is 1.79 bits per heavy atom. The maximum absolute atomic E-state index is 13.0. The fourth-order valence-corrected chi connectivity index (χ4v) is 6.14. The summed E-state index contributed by atoms with van der Waals surface area (Å²) in [6.45, 7) is 1.60. The average Bonchev–Trinajstić information content (AvgIpc) is 3.31. The molecule has 1 N–H and O–H groups in total. The number of nitrogens with zero attached hydrogens (tertiary/aromatic N) is 4. The molecule has 1 unspecified atom stereocenters. The topological polar surface area (TPSA) is 60.3 Å². The molecule has 6 heteroatoms. The maximum Gasteiger partial charge on any atom is 0.221 e. The first-order chi connectivity index (χ1) is 16.2. The molecule has 0 radical (unpaired) electrons. The first kappa shape index (κ1) is 22.4. The molecule has 6 nitrogen and oxygen atoms in total. The van der Waals surface area contributed by atoms with Crippen LogP contribution in [-0.2, 0) is 4.79 Å². The SMILES string of the molecule is CN(C1=NC(NC(=O)CCC2CCCCC2)C2=NCCN2c2ccccc21)C1CCCCC1. The van der Waals surface area contributed by atoms with Crippen molar-refractivity contribution in [2.75, 3.05) is 25.0 Å². The van der Waals surface area contributed by atoms with Crippen molar-refractivity contribution in [1.82, 2.24) is 10.2 Å². The Balaban J connectivity index is 1.39. The number of nitrogens with one attached hydrogen (secondary N) is 1. The maximum atomic E-state index is 13.0. The Labute approximate surface area is 198 Å². The number of carbonyl (C=O) groups excluding carboxylic acids is 1. The Bertz CT molecular complexity index is 898. The Kier molecular flexibility index (Phi) is 6.98. The number of aliphatic imine (C=N–C) groups is 2. The van der Waals surface area contributed by atoms with Crippen molar-refractivity contribution in [3.05, 3.63) is 29.8 Å². The van der Waals surface area contributed by atoms with E-state index in [1.165, 1.54) is 64.2 Å². The molecule has 0 aromatic heterocycles. The zero-order chi connectivity index (χ0) is 22.6. The van der Waals surface area contributed by atoms with Crippen LogP contribution < -0.4 is 10.2 Å². The molecule has 0 bridgehead atoms. The first-order valence-corrected chi connectivity index (χ1v) is 13.2. The molecule has 178 valence electrons. The molecule has 0 saturated heterocycles. The number of amidine groups is 2. The van der Waals surface area contributed by atoms with E-state index in [9.17, 15) is 4.79 Å². The van der Waals surface area contributed by atoms with Gasteiger partial charge in [-0.05, 0) is 37.3 Å². The predicted molar refractivity (Wildman–Crippen MR) is 135 cm³/mol. The second-order valence-corrected chi connectivity index (χ2v) is 10.3. The predicted octanol–water partition coefficient (Wildman–Crippen LogP) is 4.73. The third-order valence-electron chi connectivity index (χ3n) is 8.06. The van der Waals surface area contributed by atoms with E-state index in [1.54, 1.807) is 0 Å². The van der Waals surface area contributed by atoms with Gasteiger partial charge in [0.1, 0.15) is 11.7 Å². The summed E-state index contributed by atoms with van der Waals surface area (Å²) in [6.07, 6.45) is 14.0. The van der Waals surface area contributed by atoms with E-state index >= 15 is 0 Å². The van der Waals surface area contributed by atoms with Gasteiger partial charge in [0.25, 0.3) is 0 Å². The lowest BCUT2D eigenvalue weighted by molar-refractivity contribution is -0.121. The molecule has 5 rings (SSSR count). The van der Waals surface area contributed by atoms with Gasteiger partial charge in [0.05, 0.1) is 12.2 Å². The first-order valence-electron chi connectivity index (χ1n) is 13.2. The molecule has 1 atom stereocenters. The van der Waals surface area contributed by atoms with E-state index in [2.05, 4.69) is 46.4 Å². The van der Waals surface area contributed by atoms with Crippen LogP contribution in [0, 0.1) is 5.92 Å². The molecule has 1 aromatic rings. The largest absolute Gasteiger partial charge is 0.356 e. The lowest BCUT2D eigenvalue weighted by atomic mass is 9.86. The second kappa shape index (κ2) is 10.3. The van der Waals surface area contributed by atoms with Crippen LogP contribution in [0.3, 0.4) is 0 Å². The summed E-state index contributed by atoms with van der Waals surface area (Å²) < 4.78 is 0. The van der Waals surface area contributed by atoms with Crippen LogP contribution in [-0.4, -0.2) is 54.8 Å². The standard InChI is InChI=1S/C27H39N5O/c1-31(21-12-6-3-7-13-21)26-22-14-8-9-15-23(22)32-19-18-28-27(32)25(30-26)29-24(33)17-16-20-10-4-2-5-11-20/h8-9,14-15,20-21,25H,2-7,10-13,16-19H2,1H3,(H,29,33). The van der Waals surface area contributed by atoms with Gasteiger partial charge in [-0.2, -0.15) is 0 Å². The highest BCUT2D eigenvalue weighted by Crippen LogP contribution is 2.32. The minimum absolute atomic E-state index is 0.106. The Hall–Kier alpha value is -2.37. The summed E-state index contributed by atoms with van der Waals surface area (Å²) >= 11 is 0. The van der Waals surface area contributed by atoms with Gasteiger partial charge in [-0.25, -0.2) is 4.99 Å². The number of hydrogen-bond acceptors (Lipinski definition) is 5. The van der Waals surface area contributed by atoms with Gasteiger partial charge in [0.15, 0.2) is 6.17 Å². The van der Waals surface area contributed by atoms with Crippen molar-refractivity contribution in [1.29, 1.82) is 0 Å². The van der Waals surface area contributed by atoms with Gasteiger partial charge < -0.3 is 15.1 Å². The fraction of sp³-hybridized carbons (Fsp3) is 0.667. The van der Waals surface area contributed by atoms with Crippen molar-refractivity contribution in [3.63, 3.8) is 0 Å². The normalized spacial score (nSPS) is 23.8.